The van der Waals surface area contributed by atoms with Crippen LogP contribution in [0, 0.1) is 0 Å². The number of ketones is 1. The Morgan fingerprint density at radius 1 is 1.35 bits per heavy atom. The Kier molecular flexibility index (Phi) is 5.01. The van der Waals surface area contributed by atoms with E-state index in [0.29, 0.717) is 0 Å². The van der Waals surface area contributed by atoms with Crippen LogP contribution in [0.25, 0.3) is 0 Å². The van der Waals surface area contributed by atoms with Gasteiger partial charge >= 0.3 is 5.69 Å². The molecule has 0 spiro atoms. The van der Waals surface area contributed by atoms with Gasteiger partial charge in [0.1, 0.15) is 6.54 Å². The molecular formula is C13H19N3O4. The highest BCUT2D eigenvalue weighted by molar-refractivity contribution is 5.93. The maximum atomic E-state index is 11.9. The first-order chi connectivity index (χ1) is 9.27. The third-order valence-electron chi connectivity index (χ3n) is 3.07. The number of hydrogen-bond donors (Lipinski definition) is 1. The van der Waals surface area contributed by atoms with Crippen molar-refractivity contribution in [3.63, 3.8) is 0 Å². The molecule has 1 heterocycles. The molecule has 1 rings (SSSR count). The molecule has 0 aliphatic heterocycles. The lowest BCUT2D eigenvalue weighted by atomic mass is 10.2. The van der Waals surface area contributed by atoms with Crippen molar-refractivity contribution in [1.82, 2.24) is 14.5 Å². The minimum absolute atomic E-state index is 0.00184. The SMILES string of the molecule is CCC(C)NC(=O)Cn1cc(C(C)=O)c(=O)n(C)c1=O. The molecule has 0 saturated heterocycles. The van der Waals surface area contributed by atoms with Crippen molar-refractivity contribution >= 4 is 11.7 Å². The summed E-state index contributed by atoms with van der Waals surface area (Å²) in [5.41, 5.74) is -1.39. The van der Waals surface area contributed by atoms with Gasteiger partial charge in [0.15, 0.2) is 5.78 Å². The van der Waals surface area contributed by atoms with Gasteiger partial charge < -0.3 is 5.32 Å². The summed E-state index contributed by atoms with van der Waals surface area (Å²) in [6, 6.07) is -0.00184. The zero-order chi connectivity index (χ0) is 15.4. The number of aromatic nitrogens is 2. The van der Waals surface area contributed by atoms with E-state index in [0.717, 1.165) is 21.8 Å². The van der Waals surface area contributed by atoms with E-state index >= 15 is 0 Å². The van der Waals surface area contributed by atoms with Crippen molar-refractivity contribution in [3.05, 3.63) is 32.6 Å². The lowest BCUT2D eigenvalue weighted by Gasteiger charge is -2.13. The monoisotopic (exact) mass is 281 g/mol. The summed E-state index contributed by atoms with van der Waals surface area (Å²) in [6.45, 7) is 4.79. The molecule has 20 heavy (non-hydrogen) atoms. The van der Waals surface area contributed by atoms with Crippen molar-refractivity contribution in [2.24, 2.45) is 7.05 Å². The average Bonchev–Trinajstić information content (AvgIpc) is 2.38. The Morgan fingerprint density at radius 2 is 1.95 bits per heavy atom. The number of amides is 1. The molecule has 7 heteroatoms. The summed E-state index contributed by atoms with van der Waals surface area (Å²) in [7, 11) is 1.28. The first-order valence-electron chi connectivity index (χ1n) is 6.38. The molecule has 1 aromatic rings. The zero-order valence-corrected chi connectivity index (χ0v) is 12.1. The van der Waals surface area contributed by atoms with E-state index in [1.165, 1.54) is 14.0 Å². The van der Waals surface area contributed by atoms with Gasteiger partial charge in [0.05, 0.1) is 5.56 Å². The van der Waals surface area contributed by atoms with Gasteiger partial charge in [-0.1, -0.05) is 6.92 Å². The van der Waals surface area contributed by atoms with E-state index in [9.17, 15) is 19.2 Å². The Morgan fingerprint density at radius 3 is 2.45 bits per heavy atom. The van der Waals surface area contributed by atoms with Crippen LogP contribution in [0.5, 0.6) is 0 Å². The molecule has 0 bridgehead atoms. The number of carbonyl (C=O) groups is 2. The molecule has 0 radical (unpaired) electrons. The topological polar surface area (TPSA) is 90.2 Å². The van der Waals surface area contributed by atoms with E-state index in [-0.39, 0.29) is 24.1 Å². The molecule has 0 aliphatic carbocycles. The highest BCUT2D eigenvalue weighted by Crippen LogP contribution is 1.93. The highest BCUT2D eigenvalue weighted by Gasteiger charge is 2.14. The molecule has 1 unspecified atom stereocenters. The van der Waals surface area contributed by atoms with Crippen LogP contribution in [0.1, 0.15) is 37.6 Å². The first kappa shape index (κ1) is 15.9. The summed E-state index contributed by atoms with van der Waals surface area (Å²) >= 11 is 0. The fraction of sp³-hybridized carbons (Fsp3) is 0.538. The van der Waals surface area contributed by atoms with Crippen LogP contribution in [-0.4, -0.2) is 26.9 Å². The number of hydrogen-bond acceptors (Lipinski definition) is 4. The maximum Gasteiger partial charge on any atom is 0.331 e. The standard InChI is InChI=1S/C13H19N3O4/c1-5-8(2)14-11(18)7-16-6-10(9(3)17)12(19)15(4)13(16)20/h6,8H,5,7H2,1-4H3,(H,14,18). The number of carbonyl (C=O) groups excluding carboxylic acids is 2. The summed E-state index contributed by atoms with van der Waals surface area (Å²) in [6.07, 6.45) is 1.91. The van der Waals surface area contributed by atoms with Gasteiger partial charge in [0.2, 0.25) is 5.91 Å². The third-order valence-corrected chi connectivity index (χ3v) is 3.07. The molecule has 110 valence electrons. The van der Waals surface area contributed by atoms with Gasteiger partial charge in [-0.2, -0.15) is 0 Å². The first-order valence-corrected chi connectivity index (χ1v) is 6.38. The number of rotatable bonds is 5. The Bertz CT molecular complexity index is 642. The van der Waals surface area contributed by atoms with Crippen LogP contribution < -0.4 is 16.6 Å². The van der Waals surface area contributed by atoms with E-state index in [1.54, 1.807) is 0 Å². The van der Waals surface area contributed by atoms with E-state index in [4.69, 9.17) is 0 Å². The van der Waals surface area contributed by atoms with Crippen molar-refractivity contribution in [2.75, 3.05) is 0 Å². The number of nitrogens with zero attached hydrogens (tertiary/aromatic N) is 2. The van der Waals surface area contributed by atoms with Crippen molar-refractivity contribution in [1.29, 1.82) is 0 Å². The van der Waals surface area contributed by atoms with Gasteiger partial charge in [0, 0.05) is 19.3 Å². The highest BCUT2D eigenvalue weighted by atomic mass is 16.2. The molecular weight excluding hydrogens is 262 g/mol. The Balaban J connectivity index is 3.14. The van der Waals surface area contributed by atoms with Crippen LogP contribution in [0.3, 0.4) is 0 Å². The van der Waals surface area contributed by atoms with Gasteiger partial charge in [-0.15, -0.1) is 0 Å². The summed E-state index contributed by atoms with van der Waals surface area (Å²) in [4.78, 5) is 46.7. The Labute approximate surface area is 116 Å². The number of Topliss-reactive ketones (excluding diaryl/α,β-unsaturated/α-hetero) is 1. The predicted molar refractivity (Wildman–Crippen MR) is 73.8 cm³/mol. The van der Waals surface area contributed by atoms with Crippen LogP contribution in [0.2, 0.25) is 0 Å². The number of nitrogens with one attached hydrogen (secondary N) is 1. The summed E-state index contributed by atoms with van der Waals surface area (Å²) in [5.74, 6) is -0.781. The normalized spacial score (nSPS) is 12.0. The van der Waals surface area contributed by atoms with Crippen LogP contribution >= 0.6 is 0 Å². The minimum Gasteiger partial charge on any atom is -0.352 e. The average molecular weight is 281 g/mol. The van der Waals surface area contributed by atoms with Gasteiger partial charge in [0.25, 0.3) is 5.56 Å². The molecule has 7 nitrogen and oxygen atoms in total. The van der Waals surface area contributed by atoms with Gasteiger partial charge in [-0.25, -0.2) is 4.79 Å². The molecule has 1 aromatic heterocycles. The fourth-order valence-corrected chi connectivity index (χ4v) is 1.66. The molecule has 0 aromatic carbocycles. The Hall–Kier alpha value is -2.18. The second-order valence-corrected chi connectivity index (χ2v) is 4.75. The van der Waals surface area contributed by atoms with Gasteiger partial charge in [-0.3, -0.25) is 23.5 Å². The van der Waals surface area contributed by atoms with Crippen molar-refractivity contribution in [2.45, 2.75) is 39.8 Å². The van der Waals surface area contributed by atoms with Crippen LogP contribution in [-0.2, 0) is 18.4 Å². The molecule has 0 fully saturated rings. The quantitative estimate of drug-likeness (QED) is 0.748. The summed E-state index contributed by atoms with van der Waals surface area (Å²) in [5, 5.41) is 2.72. The van der Waals surface area contributed by atoms with Crippen molar-refractivity contribution in [3.8, 4) is 0 Å². The van der Waals surface area contributed by atoms with Crippen LogP contribution in [0.15, 0.2) is 15.8 Å². The maximum absolute atomic E-state index is 11.9. The molecule has 1 atom stereocenters. The summed E-state index contributed by atoms with van der Waals surface area (Å²) < 4.78 is 1.89. The molecule has 0 saturated carbocycles. The van der Waals surface area contributed by atoms with E-state index in [1.807, 2.05) is 13.8 Å². The third kappa shape index (κ3) is 3.43. The fourth-order valence-electron chi connectivity index (χ4n) is 1.66. The predicted octanol–water partition coefficient (Wildman–Crippen LogP) is -0.336. The minimum atomic E-state index is -0.652. The largest absolute Gasteiger partial charge is 0.352 e. The molecule has 0 aliphatic rings. The second-order valence-electron chi connectivity index (χ2n) is 4.75. The lowest BCUT2D eigenvalue weighted by molar-refractivity contribution is -0.122. The zero-order valence-electron chi connectivity index (χ0n) is 12.1. The molecule has 1 N–H and O–H groups in total. The van der Waals surface area contributed by atoms with Crippen LogP contribution in [0.4, 0.5) is 0 Å². The van der Waals surface area contributed by atoms with E-state index < -0.39 is 17.0 Å². The second kappa shape index (κ2) is 6.31. The lowest BCUT2D eigenvalue weighted by Crippen LogP contribution is -2.43. The molecule has 1 amide bonds. The smallest absolute Gasteiger partial charge is 0.331 e. The van der Waals surface area contributed by atoms with Gasteiger partial charge in [-0.05, 0) is 20.3 Å². The van der Waals surface area contributed by atoms with E-state index in [2.05, 4.69) is 5.32 Å². The van der Waals surface area contributed by atoms with Crippen molar-refractivity contribution < 1.29 is 9.59 Å².